The molecule has 0 bridgehead atoms. The number of sulfonamides is 1. The Bertz CT molecular complexity index is 500. The number of ether oxygens (including phenoxy) is 1. The van der Waals surface area contributed by atoms with Gasteiger partial charge in [0.15, 0.2) is 0 Å². The second-order valence-corrected chi connectivity index (χ2v) is 7.21. The topological polar surface area (TPSA) is 104 Å². The normalized spacial score (nSPS) is 24.2. The number of hydrogen-bond donors (Lipinski definition) is 1. The summed E-state index contributed by atoms with van der Waals surface area (Å²) in [6.45, 7) is 2.15. The van der Waals surface area contributed by atoms with Crippen LogP contribution in [-0.2, 0) is 24.3 Å². The third-order valence-corrected chi connectivity index (χ3v) is 5.61. The molecule has 2 rings (SSSR count). The molecule has 9 heteroatoms. The molecule has 1 N–H and O–H groups in total. The Morgan fingerprint density at radius 2 is 1.86 bits per heavy atom. The van der Waals surface area contributed by atoms with Gasteiger partial charge in [-0.3, -0.25) is 9.59 Å². The van der Waals surface area contributed by atoms with E-state index in [4.69, 9.17) is 9.84 Å². The maximum atomic E-state index is 12.4. The first kappa shape index (κ1) is 16.2. The molecule has 1 amide bonds. The number of morpholine rings is 1. The number of carboxylic acid groups (broad SMARTS) is 1. The first-order chi connectivity index (χ1) is 9.92. The minimum absolute atomic E-state index is 0.199. The van der Waals surface area contributed by atoms with Crippen molar-refractivity contribution in [3.05, 3.63) is 0 Å². The van der Waals surface area contributed by atoms with Crippen molar-refractivity contribution in [1.82, 2.24) is 9.21 Å². The maximum absolute atomic E-state index is 12.4. The predicted octanol–water partition coefficient (Wildman–Crippen LogP) is -0.886. The Kier molecular flexibility index (Phi) is 5.17. The minimum Gasteiger partial charge on any atom is -0.481 e. The summed E-state index contributed by atoms with van der Waals surface area (Å²) >= 11 is 0. The summed E-state index contributed by atoms with van der Waals surface area (Å²) in [6, 6.07) is -0.693. The van der Waals surface area contributed by atoms with Gasteiger partial charge < -0.3 is 14.7 Å². The smallest absolute Gasteiger partial charge is 0.304 e. The Hall–Kier alpha value is -1.19. The minimum atomic E-state index is -3.71. The highest BCUT2D eigenvalue weighted by Gasteiger charge is 2.40. The zero-order valence-corrected chi connectivity index (χ0v) is 12.5. The fourth-order valence-corrected chi connectivity index (χ4v) is 4.31. The summed E-state index contributed by atoms with van der Waals surface area (Å²) in [7, 11) is -3.71. The predicted molar refractivity (Wildman–Crippen MR) is 73.2 cm³/mol. The molecule has 2 aliphatic heterocycles. The van der Waals surface area contributed by atoms with E-state index in [1.807, 2.05) is 0 Å². The van der Waals surface area contributed by atoms with Gasteiger partial charge in [-0.25, -0.2) is 8.42 Å². The average Bonchev–Trinajstić information content (AvgIpc) is 2.96. The molecule has 2 heterocycles. The molecule has 0 aliphatic carbocycles. The number of carbonyl (C=O) groups excluding carboxylic acids is 1. The number of amides is 1. The van der Waals surface area contributed by atoms with Crippen molar-refractivity contribution in [1.29, 1.82) is 0 Å². The van der Waals surface area contributed by atoms with Crippen LogP contribution < -0.4 is 0 Å². The van der Waals surface area contributed by atoms with Crippen LogP contribution in [0.3, 0.4) is 0 Å². The zero-order chi connectivity index (χ0) is 15.5. The van der Waals surface area contributed by atoms with Crippen LogP contribution in [0.15, 0.2) is 0 Å². The molecule has 2 aliphatic rings. The number of carboxylic acids is 1. The quantitative estimate of drug-likeness (QED) is 0.705. The molecule has 1 atom stereocenters. The van der Waals surface area contributed by atoms with Gasteiger partial charge in [0, 0.05) is 19.6 Å². The molecule has 2 saturated heterocycles. The SMILES string of the molecule is O=C(O)CCS(=O)(=O)N1CCCC1C(=O)N1CCOCC1. The van der Waals surface area contributed by atoms with Crippen LogP contribution in [-0.4, -0.2) is 79.2 Å². The van der Waals surface area contributed by atoms with Gasteiger partial charge in [-0.2, -0.15) is 4.31 Å². The fourth-order valence-electron chi connectivity index (χ4n) is 2.65. The van der Waals surface area contributed by atoms with E-state index in [0.717, 1.165) is 0 Å². The van der Waals surface area contributed by atoms with Crippen molar-refractivity contribution >= 4 is 21.9 Å². The number of nitrogens with zero attached hydrogens (tertiary/aromatic N) is 2. The maximum Gasteiger partial charge on any atom is 0.304 e. The molecule has 120 valence electrons. The lowest BCUT2D eigenvalue weighted by Gasteiger charge is -2.32. The Labute approximate surface area is 123 Å². The van der Waals surface area contributed by atoms with Gasteiger partial charge in [0.05, 0.1) is 25.4 Å². The number of rotatable bonds is 5. The molecular weight excluding hydrogens is 300 g/mol. The van der Waals surface area contributed by atoms with E-state index >= 15 is 0 Å². The lowest BCUT2D eigenvalue weighted by Crippen LogP contribution is -2.51. The molecule has 0 radical (unpaired) electrons. The van der Waals surface area contributed by atoms with Gasteiger partial charge in [0.2, 0.25) is 15.9 Å². The molecule has 0 aromatic carbocycles. The van der Waals surface area contributed by atoms with Gasteiger partial charge in [-0.1, -0.05) is 0 Å². The van der Waals surface area contributed by atoms with Crippen molar-refractivity contribution in [3.63, 3.8) is 0 Å². The standard InChI is InChI=1S/C12H20N2O6S/c15-11(16)3-9-21(18,19)14-4-1-2-10(14)12(17)13-5-7-20-8-6-13/h10H,1-9H2,(H,15,16). The number of aliphatic carboxylic acids is 1. The Balaban J connectivity index is 2.05. The second kappa shape index (κ2) is 6.71. The molecule has 21 heavy (non-hydrogen) atoms. The van der Waals surface area contributed by atoms with Crippen molar-refractivity contribution in [3.8, 4) is 0 Å². The lowest BCUT2D eigenvalue weighted by atomic mass is 10.2. The molecule has 0 aromatic rings. The lowest BCUT2D eigenvalue weighted by molar-refractivity contribution is -0.138. The van der Waals surface area contributed by atoms with Crippen LogP contribution in [0.4, 0.5) is 0 Å². The van der Waals surface area contributed by atoms with Crippen LogP contribution >= 0.6 is 0 Å². The highest BCUT2D eigenvalue weighted by molar-refractivity contribution is 7.89. The number of hydrogen-bond acceptors (Lipinski definition) is 5. The highest BCUT2D eigenvalue weighted by atomic mass is 32.2. The van der Waals surface area contributed by atoms with E-state index in [0.29, 0.717) is 39.1 Å². The van der Waals surface area contributed by atoms with E-state index < -0.39 is 34.2 Å². The first-order valence-electron chi connectivity index (χ1n) is 6.99. The van der Waals surface area contributed by atoms with E-state index in [-0.39, 0.29) is 12.5 Å². The van der Waals surface area contributed by atoms with Crippen LogP contribution in [0.2, 0.25) is 0 Å². The highest BCUT2D eigenvalue weighted by Crippen LogP contribution is 2.24. The van der Waals surface area contributed by atoms with Crippen LogP contribution in [0.25, 0.3) is 0 Å². The van der Waals surface area contributed by atoms with E-state index in [1.54, 1.807) is 4.90 Å². The summed E-state index contributed by atoms with van der Waals surface area (Å²) in [5.74, 6) is -1.82. The van der Waals surface area contributed by atoms with E-state index in [2.05, 4.69) is 0 Å². The molecule has 8 nitrogen and oxygen atoms in total. The van der Waals surface area contributed by atoms with Gasteiger partial charge in [-0.15, -0.1) is 0 Å². The second-order valence-electron chi connectivity index (χ2n) is 5.17. The van der Waals surface area contributed by atoms with Crippen molar-refractivity contribution in [2.75, 3.05) is 38.6 Å². The third kappa shape index (κ3) is 3.92. The molecule has 2 fully saturated rings. The molecular formula is C12H20N2O6S. The van der Waals surface area contributed by atoms with Crippen molar-refractivity contribution in [2.24, 2.45) is 0 Å². The van der Waals surface area contributed by atoms with Gasteiger partial charge in [0.1, 0.15) is 6.04 Å². The van der Waals surface area contributed by atoms with Crippen LogP contribution in [0, 0.1) is 0 Å². The van der Waals surface area contributed by atoms with Gasteiger partial charge >= 0.3 is 5.97 Å². The fraction of sp³-hybridized carbons (Fsp3) is 0.833. The molecule has 0 saturated carbocycles. The Morgan fingerprint density at radius 1 is 1.19 bits per heavy atom. The molecule has 0 spiro atoms. The monoisotopic (exact) mass is 320 g/mol. The largest absolute Gasteiger partial charge is 0.481 e. The third-order valence-electron chi connectivity index (χ3n) is 3.74. The van der Waals surface area contributed by atoms with Crippen LogP contribution in [0.5, 0.6) is 0 Å². The van der Waals surface area contributed by atoms with Crippen molar-refractivity contribution in [2.45, 2.75) is 25.3 Å². The first-order valence-corrected chi connectivity index (χ1v) is 8.60. The summed E-state index contributed by atoms with van der Waals surface area (Å²) in [4.78, 5) is 24.6. The van der Waals surface area contributed by atoms with Crippen LogP contribution in [0.1, 0.15) is 19.3 Å². The molecule has 1 unspecified atom stereocenters. The summed E-state index contributed by atoms with van der Waals surface area (Å²) in [6.07, 6.45) is 0.660. The zero-order valence-electron chi connectivity index (χ0n) is 11.7. The average molecular weight is 320 g/mol. The summed E-state index contributed by atoms with van der Waals surface area (Å²) < 4.78 is 30.8. The number of carbonyl (C=O) groups is 2. The van der Waals surface area contributed by atoms with E-state index in [1.165, 1.54) is 4.31 Å². The Morgan fingerprint density at radius 3 is 2.48 bits per heavy atom. The molecule has 0 aromatic heterocycles. The van der Waals surface area contributed by atoms with Crippen molar-refractivity contribution < 1.29 is 27.9 Å². The summed E-state index contributed by atoms with van der Waals surface area (Å²) in [5, 5.41) is 8.63. The van der Waals surface area contributed by atoms with E-state index in [9.17, 15) is 18.0 Å². The van der Waals surface area contributed by atoms with Gasteiger partial charge in [0.25, 0.3) is 0 Å². The summed E-state index contributed by atoms with van der Waals surface area (Å²) in [5.41, 5.74) is 0. The van der Waals surface area contributed by atoms with Gasteiger partial charge in [-0.05, 0) is 12.8 Å².